The number of allylic oxidation sites excluding steroid dienone is 4. The molecule has 0 heteroatoms. The van der Waals surface area contributed by atoms with Gasteiger partial charge in [0.2, 0.25) is 0 Å². The van der Waals surface area contributed by atoms with Crippen LogP contribution in [0, 0.1) is 0 Å². The predicted molar refractivity (Wildman–Crippen MR) is 206 cm³/mol. The van der Waals surface area contributed by atoms with E-state index in [0.717, 1.165) is 12.8 Å². The molecule has 4 aromatic rings. The van der Waals surface area contributed by atoms with Gasteiger partial charge in [-0.25, -0.2) is 0 Å². The van der Waals surface area contributed by atoms with Gasteiger partial charge in [-0.3, -0.25) is 0 Å². The van der Waals surface area contributed by atoms with Gasteiger partial charge in [0, 0.05) is 0 Å². The van der Waals surface area contributed by atoms with Gasteiger partial charge in [-0.05, 0) is 125 Å². The first-order chi connectivity index (χ1) is 22.2. The standard InChI is InChI=1S/C47H54/c1-11-12-15-31-18-20-33(21-19-31)42(34-22-24-36(25-23-34)45(2,3)4)41-30-39-38-27-26-37(46(5,6)7)28-35(38)29-40(39)43(32-16-13-14-17-32)44(41)47(8,9)10/h13-14,16,18-30H,11-12,15,17H2,1-10H3. The molecule has 2 aliphatic rings. The minimum absolute atomic E-state index is 0.0834. The van der Waals surface area contributed by atoms with Gasteiger partial charge in [0.05, 0.1) is 0 Å². The van der Waals surface area contributed by atoms with E-state index < -0.39 is 0 Å². The molecule has 0 N–H and O–H groups in total. The van der Waals surface area contributed by atoms with Crippen LogP contribution in [0.1, 0.15) is 133 Å². The van der Waals surface area contributed by atoms with Crippen LogP contribution in [0.3, 0.4) is 0 Å². The van der Waals surface area contributed by atoms with Crippen LogP contribution >= 0.6 is 0 Å². The van der Waals surface area contributed by atoms with Gasteiger partial charge in [0.1, 0.15) is 0 Å². The Morgan fingerprint density at radius 1 is 0.660 bits per heavy atom. The third kappa shape index (κ3) is 6.49. The van der Waals surface area contributed by atoms with E-state index in [9.17, 15) is 0 Å². The highest BCUT2D eigenvalue weighted by molar-refractivity contribution is 5.91. The van der Waals surface area contributed by atoms with Crippen molar-refractivity contribution in [1.29, 1.82) is 0 Å². The van der Waals surface area contributed by atoms with E-state index in [4.69, 9.17) is 0 Å². The number of hydrogen-bond acceptors (Lipinski definition) is 0. The van der Waals surface area contributed by atoms with E-state index in [1.165, 1.54) is 90.1 Å². The van der Waals surface area contributed by atoms with Crippen LogP contribution in [0.4, 0.5) is 0 Å². The second-order valence-corrected chi connectivity index (χ2v) is 16.9. The number of unbranched alkanes of at least 4 members (excludes halogenated alkanes) is 1. The molecular formula is C47H54. The molecular weight excluding hydrogens is 565 g/mol. The third-order valence-electron chi connectivity index (χ3n) is 10.1. The van der Waals surface area contributed by atoms with Crippen molar-refractivity contribution in [2.24, 2.45) is 0 Å². The zero-order valence-electron chi connectivity index (χ0n) is 30.6. The van der Waals surface area contributed by atoms with Crippen molar-refractivity contribution in [2.75, 3.05) is 0 Å². The topological polar surface area (TPSA) is 0 Å². The van der Waals surface area contributed by atoms with Crippen molar-refractivity contribution in [1.82, 2.24) is 0 Å². The summed E-state index contributed by atoms with van der Waals surface area (Å²) in [4.78, 5) is 0. The average molecular weight is 619 g/mol. The molecule has 0 atom stereocenters. The van der Waals surface area contributed by atoms with E-state index in [1.54, 1.807) is 0 Å². The fraction of sp³-hybridized carbons (Fsp3) is 0.362. The van der Waals surface area contributed by atoms with Crippen LogP contribution in [0.2, 0.25) is 0 Å². The zero-order chi connectivity index (χ0) is 33.7. The molecule has 0 saturated heterocycles. The summed E-state index contributed by atoms with van der Waals surface area (Å²) < 4.78 is 0. The molecule has 0 saturated carbocycles. The van der Waals surface area contributed by atoms with E-state index in [0.29, 0.717) is 0 Å². The highest BCUT2D eigenvalue weighted by Crippen LogP contribution is 2.38. The van der Waals surface area contributed by atoms with Crippen molar-refractivity contribution >= 4 is 17.2 Å². The normalized spacial score (nSPS) is 14.9. The zero-order valence-corrected chi connectivity index (χ0v) is 30.6. The Bertz CT molecular complexity index is 1990. The summed E-state index contributed by atoms with van der Waals surface area (Å²) >= 11 is 0. The smallest absolute Gasteiger partial charge is 0.00354 e. The Morgan fingerprint density at radius 2 is 1.28 bits per heavy atom. The molecule has 0 heterocycles. The van der Waals surface area contributed by atoms with Crippen LogP contribution in [0.5, 0.6) is 0 Å². The monoisotopic (exact) mass is 618 g/mol. The molecule has 47 heavy (non-hydrogen) atoms. The van der Waals surface area contributed by atoms with Gasteiger partial charge in [0.25, 0.3) is 0 Å². The fourth-order valence-corrected chi connectivity index (χ4v) is 7.40. The summed E-state index contributed by atoms with van der Waals surface area (Å²) in [6, 6.07) is 28.6. The molecule has 2 aliphatic carbocycles. The maximum Gasteiger partial charge on any atom is -0.00354 e. The van der Waals surface area contributed by atoms with Gasteiger partial charge in [-0.15, -0.1) is 0 Å². The van der Waals surface area contributed by atoms with E-state index in [-0.39, 0.29) is 16.2 Å². The Balaban J connectivity index is 1.75. The Hall–Kier alpha value is -3.90. The summed E-state index contributed by atoms with van der Waals surface area (Å²) in [6.07, 6.45) is 13.9. The Kier molecular flexibility index (Phi) is 8.63. The summed E-state index contributed by atoms with van der Waals surface area (Å²) in [6.45, 7) is 23.3. The molecule has 6 rings (SSSR count). The lowest BCUT2D eigenvalue weighted by molar-refractivity contribution is 0.583. The molecule has 0 radical (unpaired) electrons. The number of aryl methyl sites for hydroxylation is 1. The van der Waals surface area contributed by atoms with Crippen molar-refractivity contribution in [3.05, 3.63) is 146 Å². The van der Waals surface area contributed by atoms with E-state index in [2.05, 4.69) is 166 Å². The van der Waals surface area contributed by atoms with Crippen LogP contribution in [0.25, 0.3) is 28.3 Å². The number of rotatable bonds is 6. The summed E-state index contributed by atoms with van der Waals surface area (Å²) in [7, 11) is 0. The van der Waals surface area contributed by atoms with E-state index >= 15 is 0 Å². The molecule has 0 amide bonds. The second-order valence-electron chi connectivity index (χ2n) is 16.9. The lowest BCUT2D eigenvalue weighted by Gasteiger charge is -2.28. The molecule has 0 aromatic heterocycles. The van der Waals surface area contributed by atoms with Gasteiger partial charge >= 0.3 is 0 Å². The SMILES string of the molecule is CCCCc1ccc(C(c2ccc(C(C)(C)C)cc2)=c2cc3c(c(C4=CC=CC4)c2C(C)(C)C)=Cc2cc(C(C)(C)C)ccc2-3)cc1. The molecule has 0 nitrogen and oxygen atoms in total. The Labute approximate surface area is 284 Å². The van der Waals surface area contributed by atoms with Crippen molar-refractivity contribution in [2.45, 2.75) is 111 Å². The molecule has 0 unspecified atom stereocenters. The maximum absolute atomic E-state index is 2.54. The minimum atomic E-state index is -0.0834. The average Bonchev–Trinajstić information content (AvgIpc) is 3.67. The summed E-state index contributed by atoms with van der Waals surface area (Å²) in [5.74, 6) is 0. The largest absolute Gasteiger partial charge is 0.0801 e. The van der Waals surface area contributed by atoms with Crippen molar-refractivity contribution < 1.29 is 0 Å². The first-order valence-electron chi connectivity index (χ1n) is 17.8. The van der Waals surface area contributed by atoms with Crippen LogP contribution in [-0.4, -0.2) is 0 Å². The van der Waals surface area contributed by atoms with Crippen molar-refractivity contribution in [3.8, 4) is 11.1 Å². The van der Waals surface area contributed by atoms with Gasteiger partial charge in [0.15, 0.2) is 0 Å². The third-order valence-corrected chi connectivity index (χ3v) is 10.1. The lowest BCUT2D eigenvalue weighted by atomic mass is 9.76. The Morgan fingerprint density at radius 3 is 1.83 bits per heavy atom. The lowest BCUT2D eigenvalue weighted by Crippen LogP contribution is -2.32. The number of benzene rings is 4. The number of hydrogen-bond donors (Lipinski definition) is 0. The van der Waals surface area contributed by atoms with Crippen molar-refractivity contribution in [3.63, 3.8) is 0 Å². The maximum atomic E-state index is 2.54. The van der Waals surface area contributed by atoms with Gasteiger partial charge < -0.3 is 0 Å². The molecule has 0 spiro atoms. The fourth-order valence-electron chi connectivity index (χ4n) is 7.40. The van der Waals surface area contributed by atoms with Gasteiger partial charge in [-0.2, -0.15) is 0 Å². The van der Waals surface area contributed by atoms with Crippen LogP contribution in [0.15, 0.2) is 91.0 Å². The molecule has 0 fully saturated rings. The quantitative estimate of drug-likeness (QED) is 0.178. The van der Waals surface area contributed by atoms with Crippen LogP contribution in [-0.2, 0) is 22.7 Å². The first-order valence-corrected chi connectivity index (χ1v) is 17.8. The molecule has 0 aliphatic heterocycles. The minimum Gasteiger partial charge on any atom is -0.0801 e. The second kappa shape index (κ2) is 12.3. The van der Waals surface area contributed by atoms with E-state index in [1.807, 2.05) is 0 Å². The highest BCUT2D eigenvalue weighted by Gasteiger charge is 2.29. The summed E-state index contributed by atoms with van der Waals surface area (Å²) in [5.41, 5.74) is 16.5. The van der Waals surface area contributed by atoms with Gasteiger partial charge in [-0.1, -0.05) is 161 Å². The molecule has 4 aromatic carbocycles. The number of fused-ring (bicyclic) bond motifs is 3. The highest BCUT2D eigenvalue weighted by atomic mass is 14.3. The predicted octanol–water partition coefficient (Wildman–Crippen LogP) is 11.3. The summed E-state index contributed by atoms with van der Waals surface area (Å²) in [5, 5.41) is 2.73. The molecule has 242 valence electrons. The molecule has 0 bridgehead atoms. The van der Waals surface area contributed by atoms with Crippen LogP contribution < -0.4 is 10.4 Å². The first kappa shape index (κ1) is 33.0.